The summed E-state index contributed by atoms with van der Waals surface area (Å²) in [5, 5.41) is 3.51. The highest BCUT2D eigenvalue weighted by Crippen LogP contribution is 2.37. The molecule has 108 valence electrons. The number of nitrogens with one attached hydrogen (secondary N) is 1. The fourth-order valence-electron chi connectivity index (χ4n) is 2.98. The summed E-state index contributed by atoms with van der Waals surface area (Å²) in [4.78, 5) is 2.54. The van der Waals surface area contributed by atoms with Crippen molar-refractivity contribution in [2.24, 2.45) is 5.41 Å². The average Bonchev–Trinajstić information content (AvgIpc) is 2.37. The molecule has 1 N–H and O–H groups in total. The molecule has 0 saturated carbocycles. The van der Waals surface area contributed by atoms with Crippen LogP contribution in [0.1, 0.15) is 40.5 Å². The van der Waals surface area contributed by atoms with Gasteiger partial charge in [-0.2, -0.15) is 0 Å². The normalized spacial score (nSPS) is 25.4. The Hall–Kier alpha value is -0.960. The van der Waals surface area contributed by atoms with Crippen molar-refractivity contribution in [2.45, 2.75) is 46.6 Å². The summed E-state index contributed by atoms with van der Waals surface area (Å²) in [5.74, 6) is 1.17. The molecule has 0 bridgehead atoms. The highest BCUT2D eigenvalue weighted by molar-refractivity contribution is 5.35. The van der Waals surface area contributed by atoms with Crippen LogP contribution >= 0.6 is 0 Å². The average molecular weight is 264 g/mol. The van der Waals surface area contributed by atoms with E-state index in [1.54, 1.807) is 7.11 Å². The summed E-state index contributed by atoms with van der Waals surface area (Å²) in [5.41, 5.74) is 3.00. The lowest BCUT2D eigenvalue weighted by Crippen LogP contribution is -2.48. The van der Waals surface area contributed by atoms with Crippen LogP contribution < -0.4 is 5.32 Å². The number of hydrogen-bond acceptors (Lipinski definition) is 3. The minimum absolute atomic E-state index is 0.149. The molecule has 19 heavy (non-hydrogen) atoms. The summed E-state index contributed by atoms with van der Waals surface area (Å²) in [7, 11) is 1.80. The Morgan fingerprint density at radius 2 is 2.05 bits per heavy atom. The van der Waals surface area contributed by atoms with E-state index < -0.39 is 0 Å². The van der Waals surface area contributed by atoms with Crippen molar-refractivity contribution in [3.8, 4) is 0 Å². The standard InChI is InChI=1S/C16H28N2O/c1-12-11-18(9-8-17-12)13-6-7-15(19-5)14(10-13)16(2,3)4/h10,12,17H,6-9,11H2,1-5H3/t12-/m1/s1. The third kappa shape index (κ3) is 3.33. The lowest BCUT2D eigenvalue weighted by molar-refractivity contribution is 0.228. The number of piperazine rings is 1. The van der Waals surface area contributed by atoms with Crippen molar-refractivity contribution in [3.63, 3.8) is 0 Å². The summed E-state index contributed by atoms with van der Waals surface area (Å²) in [6.45, 7) is 12.4. The number of rotatable bonds is 2. The predicted molar refractivity (Wildman–Crippen MR) is 79.8 cm³/mol. The summed E-state index contributed by atoms with van der Waals surface area (Å²) < 4.78 is 5.59. The van der Waals surface area contributed by atoms with Crippen molar-refractivity contribution in [2.75, 3.05) is 26.7 Å². The number of ether oxygens (including phenoxy) is 1. The van der Waals surface area contributed by atoms with Crippen molar-refractivity contribution in [3.05, 3.63) is 23.1 Å². The molecule has 1 atom stereocenters. The molecule has 0 aromatic carbocycles. The van der Waals surface area contributed by atoms with E-state index >= 15 is 0 Å². The molecule has 1 aliphatic carbocycles. The fraction of sp³-hybridized carbons (Fsp3) is 0.750. The Kier molecular flexibility index (Phi) is 4.24. The maximum atomic E-state index is 5.59. The second-order valence-corrected chi connectivity index (χ2v) is 6.73. The molecular weight excluding hydrogens is 236 g/mol. The van der Waals surface area contributed by atoms with Crippen molar-refractivity contribution >= 4 is 0 Å². The molecule has 0 aromatic rings. The van der Waals surface area contributed by atoms with Gasteiger partial charge in [-0.3, -0.25) is 0 Å². The molecule has 0 radical (unpaired) electrons. The monoisotopic (exact) mass is 264 g/mol. The van der Waals surface area contributed by atoms with Gasteiger partial charge in [-0.25, -0.2) is 0 Å². The lowest BCUT2D eigenvalue weighted by Gasteiger charge is -2.38. The maximum absolute atomic E-state index is 5.59. The Balaban J connectivity index is 2.23. The molecule has 0 unspecified atom stereocenters. The summed E-state index contributed by atoms with van der Waals surface area (Å²) >= 11 is 0. The first-order valence-electron chi connectivity index (χ1n) is 7.38. The number of nitrogens with zero attached hydrogens (tertiary/aromatic N) is 1. The Labute approximate surface area is 117 Å². The van der Waals surface area contributed by atoms with E-state index in [0.717, 1.165) is 32.5 Å². The van der Waals surface area contributed by atoms with Gasteiger partial charge in [0.15, 0.2) is 0 Å². The van der Waals surface area contributed by atoms with Crippen LogP contribution in [0.4, 0.5) is 0 Å². The van der Waals surface area contributed by atoms with Gasteiger partial charge in [0.1, 0.15) is 0 Å². The molecule has 1 fully saturated rings. The van der Waals surface area contributed by atoms with Crippen LogP contribution in [0.2, 0.25) is 0 Å². The lowest BCUT2D eigenvalue weighted by atomic mass is 9.81. The van der Waals surface area contributed by atoms with Gasteiger partial charge in [0.2, 0.25) is 0 Å². The van der Waals surface area contributed by atoms with Crippen LogP contribution in [0, 0.1) is 5.41 Å². The second kappa shape index (κ2) is 5.58. The van der Waals surface area contributed by atoms with Crippen LogP contribution in [0.5, 0.6) is 0 Å². The van der Waals surface area contributed by atoms with E-state index in [4.69, 9.17) is 4.74 Å². The highest BCUT2D eigenvalue weighted by atomic mass is 16.5. The second-order valence-electron chi connectivity index (χ2n) is 6.73. The third-order valence-corrected chi connectivity index (χ3v) is 4.05. The molecule has 3 heteroatoms. The molecule has 1 aliphatic heterocycles. The Morgan fingerprint density at radius 3 is 2.63 bits per heavy atom. The van der Waals surface area contributed by atoms with E-state index in [-0.39, 0.29) is 5.41 Å². The topological polar surface area (TPSA) is 24.5 Å². The molecule has 0 amide bonds. The van der Waals surface area contributed by atoms with Gasteiger partial charge in [0.05, 0.1) is 12.9 Å². The molecule has 1 saturated heterocycles. The van der Waals surface area contributed by atoms with Gasteiger partial charge >= 0.3 is 0 Å². The minimum atomic E-state index is 0.149. The van der Waals surface area contributed by atoms with Gasteiger partial charge in [-0.05, 0) is 30.4 Å². The zero-order valence-corrected chi connectivity index (χ0v) is 13.0. The zero-order chi connectivity index (χ0) is 14.0. The van der Waals surface area contributed by atoms with Crippen molar-refractivity contribution in [1.29, 1.82) is 0 Å². The molecular formula is C16H28N2O. The van der Waals surface area contributed by atoms with Crippen LogP contribution in [0.25, 0.3) is 0 Å². The molecule has 0 aromatic heterocycles. The smallest absolute Gasteiger partial charge is 0.0997 e. The van der Waals surface area contributed by atoms with E-state index in [2.05, 4.69) is 44.0 Å². The van der Waals surface area contributed by atoms with Crippen LogP contribution in [0.15, 0.2) is 23.1 Å². The van der Waals surface area contributed by atoms with E-state index in [1.807, 2.05) is 0 Å². The van der Waals surface area contributed by atoms with Gasteiger partial charge in [-0.15, -0.1) is 0 Å². The number of allylic oxidation sites excluding steroid dienone is 4. The quantitative estimate of drug-likeness (QED) is 0.830. The van der Waals surface area contributed by atoms with Gasteiger partial charge < -0.3 is 15.0 Å². The Morgan fingerprint density at radius 1 is 1.32 bits per heavy atom. The largest absolute Gasteiger partial charge is 0.501 e. The van der Waals surface area contributed by atoms with Crippen LogP contribution in [-0.2, 0) is 4.74 Å². The first kappa shape index (κ1) is 14.4. The fourth-order valence-corrected chi connectivity index (χ4v) is 2.98. The van der Waals surface area contributed by atoms with E-state index in [9.17, 15) is 0 Å². The van der Waals surface area contributed by atoms with Crippen LogP contribution in [-0.4, -0.2) is 37.7 Å². The van der Waals surface area contributed by atoms with Gasteiger partial charge in [0.25, 0.3) is 0 Å². The van der Waals surface area contributed by atoms with Crippen molar-refractivity contribution in [1.82, 2.24) is 10.2 Å². The molecule has 0 spiro atoms. The zero-order valence-electron chi connectivity index (χ0n) is 13.0. The molecule has 3 nitrogen and oxygen atoms in total. The van der Waals surface area contributed by atoms with E-state index in [0.29, 0.717) is 6.04 Å². The SMILES string of the molecule is COC1=C(C(C)(C)C)C=C(N2CCN[C@H](C)C2)CC1. The maximum Gasteiger partial charge on any atom is 0.0997 e. The Bertz CT molecular complexity index is 390. The first-order chi connectivity index (χ1) is 8.91. The minimum Gasteiger partial charge on any atom is -0.501 e. The molecule has 2 aliphatic rings. The molecule has 1 heterocycles. The van der Waals surface area contributed by atoms with Crippen molar-refractivity contribution < 1.29 is 4.74 Å². The van der Waals surface area contributed by atoms with Gasteiger partial charge in [0, 0.05) is 37.8 Å². The summed E-state index contributed by atoms with van der Waals surface area (Å²) in [6.07, 6.45) is 4.52. The summed E-state index contributed by atoms with van der Waals surface area (Å²) in [6, 6.07) is 0.584. The number of methoxy groups -OCH3 is 1. The molecule has 2 rings (SSSR count). The predicted octanol–water partition coefficient (Wildman–Crippen LogP) is 2.90. The number of hydrogen-bond donors (Lipinski definition) is 1. The van der Waals surface area contributed by atoms with Crippen LogP contribution in [0.3, 0.4) is 0 Å². The highest BCUT2D eigenvalue weighted by Gasteiger charge is 2.27. The first-order valence-corrected chi connectivity index (χ1v) is 7.38. The van der Waals surface area contributed by atoms with Gasteiger partial charge in [-0.1, -0.05) is 20.8 Å². The van der Waals surface area contributed by atoms with E-state index in [1.165, 1.54) is 17.0 Å². The third-order valence-electron chi connectivity index (χ3n) is 4.05.